The fraction of sp³-hybridized carbons (Fsp3) is 0.925. The first-order valence-corrected chi connectivity index (χ1v) is 21.8. The Bertz CT molecular complexity index is 1390. The van der Waals surface area contributed by atoms with Crippen molar-refractivity contribution in [2.24, 2.45) is 70.5 Å². The fourth-order valence-electron chi connectivity index (χ4n) is 11.8. The van der Waals surface area contributed by atoms with Crippen LogP contribution in [0.2, 0.25) is 0 Å². The van der Waals surface area contributed by atoms with Crippen molar-refractivity contribution in [2.75, 3.05) is 40.4 Å². The Hall–Kier alpha value is -1.87. The zero-order valence-electron chi connectivity index (χ0n) is 34.2. The summed E-state index contributed by atoms with van der Waals surface area (Å²) < 4.78 is 18.5. The van der Waals surface area contributed by atoms with E-state index < -0.39 is 78.8 Å². The molecule has 0 bridgehead atoms. The quantitative estimate of drug-likeness (QED) is 0.0610. The van der Waals surface area contributed by atoms with E-state index in [1.54, 1.807) is 14.2 Å². The molecule has 3 aliphatic heterocycles. The lowest BCUT2D eigenvalue weighted by Gasteiger charge is -2.55. The minimum atomic E-state index is -1.97. The van der Waals surface area contributed by atoms with Gasteiger partial charge in [-0.25, -0.2) is 0 Å². The Balaban J connectivity index is 1.23. The molecule has 0 radical (unpaired) electrons. The van der Waals surface area contributed by atoms with E-state index in [-0.39, 0.29) is 60.4 Å². The van der Waals surface area contributed by atoms with Crippen LogP contribution in [-0.2, 0) is 23.8 Å². The van der Waals surface area contributed by atoms with Gasteiger partial charge in [-0.3, -0.25) is 37.1 Å². The molecule has 14 unspecified atom stereocenters. The predicted octanol–water partition coefficient (Wildman–Crippen LogP) is -5.71. The molecule has 6 fully saturated rings. The van der Waals surface area contributed by atoms with Crippen molar-refractivity contribution in [1.29, 1.82) is 0 Å². The fourth-order valence-corrected chi connectivity index (χ4v) is 11.8. The number of hydrogen-bond acceptors (Lipinski definition) is 12. The van der Waals surface area contributed by atoms with Gasteiger partial charge < -0.3 is 50.4 Å². The van der Waals surface area contributed by atoms with Crippen LogP contribution in [0.15, 0.2) is 0 Å². The minimum Gasteiger partial charge on any atom is -0.394 e. The van der Waals surface area contributed by atoms with Gasteiger partial charge in [-0.05, 0) is 62.7 Å². The Labute approximate surface area is 336 Å². The number of aliphatic hydroxyl groups excluding tert-OH is 4. The van der Waals surface area contributed by atoms with Gasteiger partial charge in [0, 0.05) is 50.0 Å². The van der Waals surface area contributed by atoms with E-state index in [1.807, 2.05) is 6.92 Å². The van der Waals surface area contributed by atoms with Gasteiger partial charge in [0.2, 0.25) is 0 Å². The predicted molar refractivity (Wildman–Crippen MR) is 206 cm³/mol. The standard InChI is InChI=1S/C40H71N7O10/c1-4-22-25(55-3)15-26(56-38-36(52)37(53)40(54,27(18-48)57-38)11-9-19-10-12-45-29(42)13-19)32-30(22)33(49)23-14-21(7-5-20-6-8-28(41)46-16-20)24(17-47-39(43)44-2)34(50)31(23)35(32)51/h19-32,34,36-38,45-46,48,50,52-54H,4-18,41-42H2,1-3H3,(H3,43,44,47)/p+3/t19?,20?,21?,22?,23?,24?,25?,26?,27-,28?,29?,30?,31?,32?,34?,36-,37-,38+,40-/m1/s1. The van der Waals surface area contributed by atoms with Crippen molar-refractivity contribution in [3.63, 3.8) is 0 Å². The molecule has 57 heavy (non-hydrogen) atoms. The number of Topliss-reactive ketones (excluding diaryl/α,β-unsaturated/α-hetero) is 2. The van der Waals surface area contributed by atoms with Crippen molar-refractivity contribution in [1.82, 2.24) is 5.32 Å². The summed E-state index contributed by atoms with van der Waals surface area (Å²) >= 11 is 0. The normalized spacial score (nSPS) is 46.9. The van der Waals surface area contributed by atoms with Gasteiger partial charge in [-0.1, -0.05) is 13.3 Å². The van der Waals surface area contributed by atoms with Gasteiger partial charge in [0.15, 0.2) is 6.29 Å². The van der Waals surface area contributed by atoms with E-state index in [9.17, 15) is 30.3 Å². The Morgan fingerprint density at radius 3 is 2.35 bits per heavy atom. The highest BCUT2D eigenvalue weighted by Gasteiger charge is 2.64. The zero-order chi connectivity index (χ0) is 41.2. The van der Waals surface area contributed by atoms with Crippen molar-refractivity contribution in [3.8, 4) is 0 Å². The Morgan fingerprint density at radius 2 is 1.70 bits per heavy atom. The second-order valence-corrected chi connectivity index (χ2v) is 18.3. The monoisotopic (exact) mass is 813 g/mol. The number of rotatable bonds is 13. The summed E-state index contributed by atoms with van der Waals surface area (Å²) in [4.78, 5) is 32.8. The molecule has 17 heteroatoms. The lowest BCUT2D eigenvalue weighted by atomic mass is 9.51. The molecule has 6 aliphatic rings. The van der Waals surface area contributed by atoms with Crippen LogP contribution in [0.3, 0.4) is 0 Å². The molecule has 0 aromatic heterocycles. The first-order valence-electron chi connectivity index (χ1n) is 21.8. The molecule has 326 valence electrons. The molecule has 0 aromatic carbocycles. The molecule has 3 saturated carbocycles. The van der Waals surface area contributed by atoms with Crippen LogP contribution in [0, 0.1) is 53.3 Å². The third kappa shape index (κ3) is 9.25. The summed E-state index contributed by atoms with van der Waals surface area (Å²) in [6.45, 7) is 3.44. The topological polar surface area (TPSA) is 300 Å². The van der Waals surface area contributed by atoms with Gasteiger partial charge in [0.1, 0.15) is 47.8 Å². The van der Waals surface area contributed by atoms with Crippen LogP contribution in [-0.4, -0.2) is 144 Å². The number of fused-ring (bicyclic) bond motifs is 2. The molecule has 0 amide bonds. The maximum absolute atomic E-state index is 15.0. The number of guanidine groups is 1. The first kappa shape index (κ1) is 44.7. The molecule has 0 spiro atoms. The van der Waals surface area contributed by atoms with Crippen molar-refractivity contribution < 1.29 is 65.0 Å². The van der Waals surface area contributed by atoms with E-state index in [2.05, 4.69) is 20.9 Å². The molecule has 3 heterocycles. The number of carbonyl (C=O) groups is 2. The van der Waals surface area contributed by atoms with Crippen LogP contribution < -0.4 is 38.1 Å². The zero-order valence-corrected chi connectivity index (χ0v) is 34.2. The first-order chi connectivity index (χ1) is 27.3. The number of nitrogens with one attached hydrogen (secondary N) is 2. The third-order valence-corrected chi connectivity index (χ3v) is 15.2. The van der Waals surface area contributed by atoms with Crippen molar-refractivity contribution >= 4 is 17.5 Å². The molecular formula is C40H74N7O10+3. The van der Waals surface area contributed by atoms with Crippen LogP contribution in [0.4, 0.5) is 0 Å². The Morgan fingerprint density at radius 1 is 0.930 bits per heavy atom. The highest BCUT2D eigenvalue weighted by Crippen LogP contribution is 2.53. The summed E-state index contributed by atoms with van der Waals surface area (Å²) in [6.07, 6.45) is -1.63. The largest absolute Gasteiger partial charge is 0.394 e. The molecule has 3 saturated heterocycles. The molecular weight excluding hydrogens is 738 g/mol. The lowest BCUT2D eigenvalue weighted by molar-refractivity contribution is -0.703. The number of methoxy groups -OCH3 is 1. The number of hydrogen-bond donors (Lipinski definition) is 12. The van der Waals surface area contributed by atoms with Gasteiger partial charge >= 0.3 is 5.96 Å². The van der Waals surface area contributed by atoms with Gasteiger partial charge in [0.25, 0.3) is 0 Å². The molecule has 17 nitrogen and oxygen atoms in total. The summed E-state index contributed by atoms with van der Waals surface area (Å²) in [5.74, 6) is -3.37. The Kier molecular flexibility index (Phi) is 15.1. The molecule has 0 aromatic rings. The maximum Gasteiger partial charge on any atom is 0.340 e. The van der Waals surface area contributed by atoms with Crippen LogP contribution >= 0.6 is 0 Å². The smallest absolute Gasteiger partial charge is 0.340 e. The third-order valence-electron chi connectivity index (χ3n) is 15.2. The van der Waals surface area contributed by atoms with Gasteiger partial charge in [-0.15, -0.1) is 0 Å². The summed E-state index contributed by atoms with van der Waals surface area (Å²) in [5, 5.41) is 64.8. The average molecular weight is 813 g/mol. The number of piperidine rings is 2. The van der Waals surface area contributed by atoms with E-state index in [4.69, 9.17) is 31.4 Å². The summed E-state index contributed by atoms with van der Waals surface area (Å²) in [5.41, 5.74) is 16.4. The van der Waals surface area contributed by atoms with Crippen LogP contribution in [0.5, 0.6) is 0 Å². The maximum atomic E-state index is 15.0. The highest BCUT2D eigenvalue weighted by molar-refractivity contribution is 6.01. The van der Waals surface area contributed by atoms with Crippen LogP contribution in [0.25, 0.3) is 0 Å². The number of aliphatic hydroxyl groups is 5. The summed E-state index contributed by atoms with van der Waals surface area (Å²) in [7, 11) is 3.27. The van der Waals surface area contributed by atoms with Crippen molar-refractivity contribution in [3.05, 3.63) is 0 Å². The van der Waals surface area contributed by atoms with E-state index in [0.29, 0.717) is 37.7 Å². The van der Waals surface area contributed by atoms with Crippen molar-refractivity contribution in [2.45, 2.75) is 138 Å². The number of ether oxygens (including phenoxy) is 3. The molecule has 17 N–H and O–H groups in total. The van der Waals surface area contributed by atoms with E-state index in [0.717, 1.165) is 51.6 Å². The summed E-state index contributed by atoms with van der Waals surface area (Å²) in [6, 6.07) is 0. The van der Waals surface area contributed by atoms with Crippen LogP contribution in [0.1, 0.15) is 77.6 Å². The average Bonchev–Trinajstić information content (AvgIpc) is 3.20. The number of nitrogens with two attached hydrogens (primary N) is 5. The molecule has 3 aliphatic carbocycles. The number of quaternary nitrogens is 2. The minimum absolute atomic E-state index is 0.0362. The van der Waals surface area contributed by atoms with E-state index in [1.165, 1.54) is 0 Å². The van der Waals surface area contributed by atoms with Gasteiger partial charge in [-0.2, -0.15) is 0 Å². The highest BCUT2D eigenvalue weighted by atomic mass is 16.7. The second kappa shape index (κ2) is 19.2. The van der Waals surface area contributed by atoms with Gasteiger partial charge in [0.05, 0.1) is 63.4 Å². The number of ketones is 2. The molecule has 19 atom stereocenters. The SMILES string of the molecule is CCC1C(OC)CC(O[C@H]2O[C@H](CO)[C@](O)(CCC3CC[NH2+]C(N)C3)[C@H](O)[C@H]2O)C2C(=O)C3C(CC(CCC4CCC(N)[NH2+]C4)C(CNC(N)=[NH+]C)C3O)C(=O)C12. The lowest BCUT2D eigenvalue weighted by Crippen LogP contribution is -2.95. The molecule has 6 rings (SSSR count). The second-order valence-electron chi connectivity index (χ2n) is 18.3. The van der Waals surface area contributed by atoms with E-state index >= 15 is 4.79 Å². The number of carbonyl (C=O) groups excluding carboxylic acids is 2.